The molecule has 0 bridgehead atoms. The van der Waals surface area contributed by atoms with Crippen LogP contribution in [0.25, 0.3) is 0 Å². The summed E-state index contributed by atoms with van der Waals surface area (Å²) in [5.74, 6) is -1.50. The van der Waals surface area contributed by atoms with E-state index >= 15 is 0 Å². The molecule has 0 saturated heterocycles. The lowest BCUT2D eigenvalue weighted by atomic mass is 10.1. The van der Waals surface area contributed by atoms with Crippen molar-refractivity contribution in [2.24, 2.45) is 0 Å². The number of rotatable bonds is 20. The zero-order valence-electron chi connectivity index (χ0n) is 21.0. The van der Waals surface area contributed by atoms with Gasteiger partial charge in [0.15, 0.2) is 6.10 Å². The van der Waals surface area contributed by atoms with Crippen molar-refractivity contribution >= 4 is 11.9 Å². The predicted octanol–water partition coefficient (Wildman–Crippen LogP) is 5.11. The number of carbonyl (C=O) groups is 2. The normalized spacial score (nSPS) is 13.4. The van der Waals surface area contributed by atoms with E-state index in [4.69, 9.17) is 4.74 Å². The molecule has 0 aromatic carbocycles. The molecule has 0 aromatic rings. The second-order valence-corrected chi connectivity index (χ2v) is 9.50. The zero-order valence-corrected chi connectivity index (χ0v) is 21.0. The zero-order chi connectivity index (χ0) is 24.1. The summed E-state index contributed by atoms with van der Waals surface area (Å²) >= 11 is 0. The third kappa shape index (κ3) is 22.8. The summed E-state index contributed by atoms with van der Waals surface area (Å²) in [6.45, 7) is 2.69. The number of quaternary nitrogens is 1. The molecule has 0 saturated carbocycles. The van der Waals surface area contributed by atoms with Gasteiger partial charge in [-0.25, -0.2) is 0 Å². The number of aliphatic carboxylic acids is 1. The summed E-state index contributed by atoms with van der Waals surface area (Å²) < 4.78 is 5.90. The summed E-state index contributed by atoms with van der Waals surface area (Å²) in [6.07, 6.45) is 25.0. The highest BCUT2D eigenvalue weighted by molar-refractivity contribution is 5.70. The predicted molar refractivity (Wildman–Crippen MR) is 131 cm³/mol. The number of carboxylic acids is 1. The molecule has 0 rings (SSSR count). The van der Waals surface area contributed by atoms with Gasteiger partial charge in [0.2, 0.25) is 0 Å². The van der Waals surface area contributed by atoms with Gasteiger partial charge in [0.1, 0.15) is 6.54 Å². The highest BCUT2D eigenvalue weighted by Gasteiger charge is 2.22. The minimum Gasteiger partial charge on any atom is -0.550 e. The summed E-state index contributed by atoms with van der Waals surface area (Å²) in [5, 5.41) is 10.9. The molecular formula is C27H47NO4. The van der Waals surface area contributed by atoms with Gasteiger partial charge in [0, 0.05) is 18.8 Å². The molecular weight excluding hydrogens is 402 g/mol. The van der Waals surface area contributed by atoms with Crippen molar-refractivity contribution in [3.05, 3.63) is 36.5 Å². The van der Waals surface area contributed by atoms with Crippen molar-refractivity contribution in [2.75, 3.05) is 27.7 Å². The molecule has 0 radical (unpaired) electrons. The van der Waals surface area contributed by atoms with Gasteiger partial charge in [0.25, 0.3) is 0 Å². The quantitative estimate of drug-likeness (QED) is 0.112. The smallest absolute Gasteiger partial charge is 0.306 e. The van der Waals surface area contributed by atoms with E-state index in [2.05, 4.69) is 43.4 Å². The molecule has 5 nitrogen and oxygen atoms in total. The first-order chi connectivity index (χ1) is 15.2. The topological polar surface area (TPSA) is 66.4 Å². The Morgan fingerprint density at radius 3 is 1.88 bits per heavy atom. The number of esters is 1. The van der Waals surface area contributed by atoms with Crippen LogP contribution in [0, 0.1) is 0 Å². The van der Waals surface area contributed by atoms with E-state index < -0.39 is 12.1 Å². The van der Waals surface area contributed by atoms with E-state index in [-0.39, 0.29) is 12.4 Å². The molecule has 1 atom stereocenters. The molecule has 32 heavy (non-hydrogen) atoms. The monoisotopic (exact) mass is 449 g/mol. The van der Waals surface area contributed by atoms with E-state index in [1.807, 2.05) is 21.1 Å². The lowest BCUT2D eigenvalue weighted by Gasteiger charge is -2.29. The Morgan fingerprint density at radius 2 is 1.34 bits per heavy atom. The van der Waals surface area contributed by atoms with Gasteiger partial charge >= 0.3 is 5.97 Å². The third-order valence-electron chi connectivity index (χ3n) is 4.96. The molecule has 0 spiro atoms. The molecule has 0 aromatic heterocycles. The van der Waals surface area contributed by atoms with Crippen LogP contribution in [0.3, 0.4) is 0 Å². The van der Waals surface area contributed by atoms with E-state index in [1.54, 1.807) is 0 Å². The number of unbranched alkanes of at least 4 members (excludes halogenated alkanes) is 7. The first-order valence-electron chi connectivity index (χ1n) is 12.4. The Labute approximate surface area is 196 Å². The van der Waals surface area contributed by atoms with Crippen LogP contribution >= 0.6 is 0 Å². The van der Waals surface area contributed by atoms with E-state index in [0.717, 1.165) is 44.9 Å². The van der Waals surface area contributed by atoms with E-state index in [1.165, 1.54) is 25.7 Å². The molecule has 184 valence electrons. The largest absolute Gasteiger partial charge is 0.550 e. The second kappa shape index (κ2) is 19.8. The van der Waals surface area contributed by atoms with Gasteiger partial charge in [-0.2, -0.15) is 0 Å². The van der Waals surface area contributed by atoms with Crippen molar-refractivity contribution in [1.82, 2.24) is 0 Å². The van der Waals surface area contributed by atoms with Gasteiger partial charge in [-0.15, -0.1) is 0 Å². The van der Waals surface area contributed by atoms with Crippen LogP contribution in [-0.4, -0.2) is 50.2 Å². The molecule has 0 aliphatic heterocycles. The molecule has 0 aliphatic carbocycles. The molecule has 0 heterocycles. The molecule has 0 amide bonds. The summed E-state index contributed by atoms with van der Waals surface area (Å²) in [7, 11) is 5.82. The highest BCUT2D eigenvalue weighted by Crippen LogP contribution is 2.10. The van der Waals surface area contributed by atoms with Gasteiger partial charge < -0.3 is 19.1 Å². The second-order valence-electron chi connectivity index (χ2n) is 9.50. The van der Waals surface area contributed by atoms with Crippen LogP contribution in [0.4, 0.5) is 0 Å². The third-order valence-corrected chi connectivity index (χ3v) is 4.96. The average molecular weight is 450 g/mol. The number of ether oxygens (including phenoxy) is 1. The number of likely N-dealkylation sites (N-methyl/N-ethyl adjacent to an activating group) is 1. The first-order valence-corrected chi connectivity index (χ1v) is 12.4. The fraction of sp³-hybridized carbons (Fsp3) is 0.704. The lowest BCUT2D eigenvalue weighted by Crippen LogP contribution is -2.45. The average Bonchev–Trinajstić information content (AvgIpc) is 2.68. The van der Waals surface area contributed by atoms with Crippen LogP contribution in [0.1, 0.15) is 90.4 Å². The Hall–Kier alpha value is -1.88. The Balaban J connectivity index is 3.74. The fourth-order valence-corrected chi connectivity index (χ4v) is 3.36. The lowest BCUT2D eigenvalue weighted by molar-refractivity contribution is -0.873. The highest BCUT2D eigenvalue weighted by atomic mass is 16.5. The molecule has 1 unspecified atom stereocenters. The van der Waals surface area contributed by atoms with Gasteiger partial charge in [-0.3, -0.25) is 4.79 Å². The summed E-state index contributed by atoms with van der Waals surface area (Å²) in [5.41, 5.74) is 0. The first kappa shape index (κ1) is 30.1. The van der Waals surface area contributed by atoms with Gasteiger partial charge in [0.05, 0.1) is 21.1 Å². The minimum absolute atomic E-state index is 0.251. The standard InChI is InChI=1S/C27H47NO4/c1-5-6-7-8-9-10-11-12-13-14-15-16-17-18-19-20-21-22-27(31)32-25(23-26(29)30)24-28(2,3)4/h9-10,12-13,15-16,25H,5-8,11,14,17-24H2,1-4H3/b10-9+,13-12+,16-15+. The maximum absolute atomic E-state index is 12.0. The number of hydrogen-bond donors (Lipinski definition) is 0. The maximum Gasteiger partial charge on any atom is 0.306 e. The van der Waals surface area contributed by atoms with Crippen molar-refractivity contribution in [3.63, 3.8) is 0 Å². The summed E-state index contributed by atoms with van der Waals surface area (Å²) in [6, 6.07) is 0. The van der Waals surface area contributed by atoms with E-state index in [0.29, 0.717) is 17.4 Å². The van der Waals surface area contributed by atoms with Crippen LogP contribution in [0.5, 0.6) is 0 Å². The molecule has 0 fully saturated rings. The Kier molecular flexibility index (Phi) is 18.6. The van der Waals surface area contributed by atoms with Gasteiger partial charge in [-0.1, -0.05) is 69.1 Å². The van der Waals surface area contributed by atoms with Gasteiger partial charge in [-0.05, 0) is 44.9 Å². The number of allylic oxidation sites excluding steroid dienone is 6. The number of carbonyl (C=O) groups excluding carboxylic acids is 2. The number of carboxylic acid groups (broad SMARTS) is 1. The van der Waals surface area contributed by atoms with Crippen LogP contribution in [0.15, 0.2) is 36.5 Å². The molecule has 0 N–H and O–H groups in total. The number of hydrogen-bond acceptors (Lipinski definition) is 4. The van der Waals surface area contributed by atoms with E-state index in [9.17, 15) is 14.7 Å². The van der Waals surface area contributed by atoms with Crippen molar-refractivity contribution in [1.29, 1.82) is 0 Å². The van der Waals surface area contributed by atoms with Crippen molar-refractivity contribution < 1.29 is 23.9 Å². The van der Waals surface area contributed by atoms with Crippen LogP contribution < -0.4 is 5.11 Å². The van der Waals surface area contributed by atoms with Crippen LogP contribution in [-0.2, 0) is 14.3 Å². The number of nitrogens with zero attached hydrogens (tertiary/aromatic N) is 1. The fourth-order valence-electron chi connectivity index (χ4n) is 3.36. The molecule has 5 heteroatoms. The van der Waals surface area contributed by atoms with Crippen molar-refractivity contribution in [3.8, 4) is 0 Å². The molecule has 0 aliphatic rings. The van der Waals surface area contributed by atoms with Crippen LogP contribution in [0.2, 0.25) is 0 Å². The Bertz CT molecular complexity index is 573. The summed E-state index contributed by atoms with van der Waals surface area (Å²) in [4.78, 5) is 22.9. The maximum atomic E-state index is 12.0. The minimum atomic E-state index is -1.19. The SMILES string of the molecule is CCCCC/C=C/C/C=C/C/C=C/CCCCCCC(=O)OC(CC(=O)[O-])C[N+](C)(C)C. The van der Waals surface area contributed by atoms with Crippen molar-refractivity contribution in [2.45, 2.75) is 96.5 Å². The Morgan fingerprint density at radius 1 is 0.812 bits per heavy atom.